The Kier molecular flexibility index (Phi) is 4.41. The van der Waals surface area contributed by atoms with Crippen LogP contribution in [0.5, 0.6) is 5.75 Å². The number of fused-ring (bicyclic) bond motifs is 3. The highest BCUT2D eigenvalue weighted by atomic mass is 16.5. The van der Waals surface area contributed by atoms with E-state index in [2.05, 4.69) is 16.4 Å². The Morgan fingerprint density at radius 3 is 2.50 bits per heavy atom. The molecule has 1 aromatic heterocycles. The van der Waals surface area contributed by atoms with Gasteiger partial charge < -0.3 is 9.30 Å². The molecule has 1 aliphatic rings. The minimum Gasteiger partial charge on any atom is -0.489 e. The largest absolute Gasteiger partial charge is 0.489 e. The third-order valence-electron chi connectivity index (χ3n) is 5.32. The lowest BCUT2D eigenvalue weighted by Gasteiger charge is -2.30. The van der Waals surface area contributed by atoms with Crippen LogP contribution in [-0.4, -0.2) is 15.5 Å². The monoisotopic (exact) mass is 394 g/mol. The number of aromatic nitrogens is 2. The van der Waals surface area contributed by atoms with E-state index < -0.39 is 12.0 Å². The summed E-state index contributed by atoms with van der Waals surface area (Å²) in [6.07, 6.45) is 0. The first-order chi connectivity index (χ1) is 14.7. The number of carbonyl (C=O) groups excluding carboxylic acids is 1. The smallest absolute Gasteiger partial charge is 0.246 e. The van der Waals surface area contributed by atoms with Crippen molar-refractivity contribution >= 4 is 22.9 Å². The minimum atomic E-state index is -0.855. The molecule has 0 saturated heterocycles. The van der Waals surface area contributed by atoms with Crippen molar-refractivity contribution in [2.24, 2.45) is 5.92 Å². The average Bonchev–Trinajstić information content (AvgIpc) is 3.15. The van der Waals surface area contributed by atoms with Gasteiger partial charge in [-0.1, -0.05) is 54.6 Å². The van der Waals surface area contributed by atoms with Gasteiger partial charge in [0.05, 0.1) is 23.1 Å². The average molecular weight is 394 g/mol. The van der Waals surface area contributed by atoms with Crippen LogP contribution in [0.3, 0.4) is 0 Å². The third kappa shape index (κ3) is 3.07. The summed E-state index contributed by atoms with van der Waals surface area (Å²) >= 11 is 0. The van der Waals surface area contributed by atoms with Gasteiger partial charge in [-0.15, -0.1) is 0 Å². The van der Waals surface area contributed by atoms with Crippen LogP contribution in [0, 0.1) is 17.2 Å². The zero-order valence-corrected chi connectivity index (χ0v) is 16.0. The first-order valence-electron chi connectivity index (χ1n) is 9.69. The second-order valence-corrected chi connectivity index (χ2v) is 7.18. The molecule has 0 unspecified atom stereocenters. The highest BCUT2D eigenvalue weighted by Gasteiger charge is 2.38. The van der Waals surface area contributed by atoms with Crippen LogP contribution in [0.1, 0.15) is 17.2 Å². The first-order valence-corrected chi connectivity index (χ1v) is 9.69. The standard InChI is InChI=1S/C24H18N4O2/c25-14-19-22(28-21-9-5-4-8-20(21)26-24(28)27-23(19)29)17-10-12-18(13-11-17)30-15-16-6-2-1-3-7-16/h1-13,19,22H,15H2,(H,26,27,29)/t19-,22-/m0/s1. The van der Waals surface area contributed by atoms with Crippen LogP contribution >= 0.6 is 0 Å². The van der Waals surface area contributed by atoms with Crippen LogP contribution in [0.25, 0.3) is 11.0 Å². The summed E-state index contributed by atoms with van der Waals surface area (Å²) in [4.78, 5) is 17.1. The van der Waals surface area contributed by atoms with Crippen LogP contribution in [0.15, 0.2) is 78.9 Å². The Labute approximate surface area is 173 Å². The number of nitrogens with zero attached hydrogens (tertiary/aromatic N) is 3. The number of ether oxygens (including phenoxy) is 1. The van der Waals surface area contributed by atoms with E-state index in [0.717, 1.165) is 27.9 Å². The predicted octanol–water partition coefficient (Wildman–Crippen LogP) is 4.30. The molecule has 4 aromatic rings. The molecule has 0 bridgehead atoms. The summed E-state index contributed by atoms with van der Waals surface area (Å²) in [5, 5.41) is 12.5. The Hall–Kier alpha value is -4.11. The van der Waals surface area contributed by atoms with Crippen LogP contribution in [-0.2, 0) is 11.4 Å². The zero-order chi connectivity index (χ0) is 20.5. The van der Waals surface area contributed by atoms with Gasteiger partial charge in [0, 0.05) is 0 Å². The summed E-state index contributed by atoms with van der Waals surface area (Å²) in [5.74, 6) is -0.00454. The Morgan fingerprint density at radius 1 is 1.00 bits per heavy atom. The molecule has 0 fully saturated rings. The molecule has 0 spiro atoms. The van der Waals surface area contributed by atoms with Gasteiger partial charge >= 0.3 is 0 Å². The molecular weight excluding hydrogens is 376 g/mol. The number of nitrogens with one attached hydrogen (secondary N) is 1. The van der Waals surface area contributed by atoms with E-state index in [1.54, 1.807) is 0 Å². The van der Waals surface area contributed by atoms with Crippen molar-refractivity contribution in [3.63, 3.8) is 0 Å². The fourth-order valence-electron chi connectivity index (χ4n) is 3.87. The molecule has 0 saturated carbocycles. The van der Waals surface area contributed by atoms with Gasteiger partial charge in [0.1, 0.15) is 12.4 Å². The second-order valence-electron chi connectivity index (χ2n) is 7.18. The fourth-order valence-corrected chi connectivity index (χ4v) is 3.87. The summed E-state index contributed by atoms with van der Waals surface area (Å²) in [6, 6.07) is 26.9. The third-order valence-corrected chi connectivity index (χ3v) is 5.32. The summed E-state index contributed by atoms with van der Waals surface area (Å²) in [5.41, 5.74) is 3.60. The Morgan fingerprint density at radius 2 is 1.73 bits per heavy atom. The normalized spacial score (nSPS) is 17.8. The van der Waals surface area contributed by atoms with Gasteiger partial charge in [0.15, 0.2) is 5.92 Å². The molecule has 5 rings (SSSR count). The molecule has 2 heterocycles. The van der Waals surface area contributed by atoms with Crippen molar-refractivity contribution in [1.82, 2.24) is 9.55 Å². The van der Waals surface area contributed by atoms with Gasteiger partial charge in [-0.3, -0.25) is 10.1 Å². The fraction of sp³-hybridized carbons (Fsp3) is 0.125. The van der Waals surface area contributed by atoms with E-state index in [4.69, 9.17) is 4.74 Å². The highest BCUT2D eigenvalue weighted by Crippen LogP contribution is 2.38. The first kappa shape index (κ1) is 18.0. The molecule has 30 heavy (non-hydrogen) atoms. The maximum atomic E-state index is 12.6. The van der Waals surface area contributed by atoms with E-state index in [-0.39, 0.29) is 5.91 Å². The molecule has 146 valence electrons. The molecule has 1 N–H and O–H groups in total. The molecule has 3 aromatic carbocycles. The van der Waals surface area contributed by atoms with Crippen LogP contribution < -0.4 is 10.1 Å². The zero-order valence-electron chi connectivity index (χ0n) is 16.0. The lowest BCUT2D eigenvalue weighted by molar-refractivity contribution is -0.119. The minimum absolute atomic E-state index is 0.338. The van der Waals surface area contributed by atoms with E-state index in [0.29, 0.717) is 12.6 Å². The molecule has 0 aliphatic carbocycles. The van der Waals surface area contributed by atoms with Crippen molar-refractivity contribution in [3.8, 4) is 11.8 Å². The quantitative estimate of drug-likeness (QED) is 0.560. The van der Waals surface area contributed by atoms with Gasteiger partial charge in [-0.2, -0.15) is 5.26 Å². The number of hydrogen-bond donors (Lipinski definition) is 1. The van der Waals surface area contributed by atoms with Crippen molar-refractivity contribution in [2.45, 2.75) is 12.6 Å². The van der Waals surface area contributed by atoms with Gasteiger partial charge in [-0.05, 0) is 35.4 Å². The lowest BCUT2D eigenvalue weighted by atomic mass is 9.91. The second kappa shape index (κ2) is 7.37. The number of benzene rings is 3. The molecule has 6 heteroatoms. The lowest BCUT2D eigenvalue weighted by Crippen LogP contribution is -2.37. The van der Waals surface area contributed by atoms with Crippen molar-refractivity contribution in [3.05, 3.63) is 90.0 Å². The Balaban J connectivity index is 1.49. The van der Waals surface area contributed by atoms with E-state index in [1.165, 1.54) is 0 Å². The SMILES string of the molecule is N#C[C@@H]1C(=O)Nc2nc3ccccc3n2[C@H]1c1ccc(OCc2ccccc2)cc1. The molecule has 0 radical (unpaired) electrons. The van der Waals surface area contributed by atoms with Crippen LogP contribution in [0.4, 0.5) is 5.95 Å². The van der Waals surface area contributed by atoms with Crippen molar-refractivity contribution in [1.29, 1.82) is 5.26 Å². The maximum Gasteiger partial charge on any atom is 0.246 e. The number of nitriles is 1. The highest BCUT2D eigenvalue weighted by molar-refractivity contribution is 5.97. The summed E-state index contributed by atoms with van der Waals surface area (Å²) < 4.78 is 7.80. The Bertz CT molecular complexity index is 1260. The van der Waals surface area contributed by atoms with Crippen LogP contribution in [0.2, 0.25) is 0 Å². The van der Waals surface area contributed by atoms with Gasteiger partial charge in [0.2, 0.25) is 11.9 Å². The molecule has 1 aliphatic heterocycles. The van der Waals surface area contributed by atoms with Gasteiger partial charge in [-0.25, -0.2) is 4.98 Å². The maximum absolute atomic E-state index is 12.6. The van der Waals surface area contributed by atoms with E-state index in [9.17, 15) is 10.1 Å². The number of rotatable bonds is 4. The number of para-hydroxylation sites is 2. The van der Waals surface area contributed by atoms with Crippen molar-refractivity contribution < 1.29 is 9.53 Å². The number of imidazole rings is 1. The summed E-state index contributed by atoms with van der Waals surface area (Å²) in [6.45, 7) is 0.475. The number of anilines is 1. The number of amides is 1. The van der Waals surface area contributed by atoms with Gasteiger partial charge in [0.25, 0.3) is 0 Å². The molecule has 1 amide bonds. The number of hydrogen-bond acceptors (Lipinski definition) is 4. The molecule has 6 nitrogen and oxygen atoms in total. The van der Waals surface area contributed by atoms with E-state index >= 15 is 0 Å². The molecule has 2 atom stereocenters. The topological polar surface area (TPSA) is 79.9 Å². The molecular formula is C24H18N4O2. The number of carbonyl (C=O) groups is 1. The predicted molar refractivity (Wildman–Crippen MR) is 113 cm³/mol. The van der Waals surface area contributed by atoms with Crippen molar-refractivity contribution in [2.75, 3.05) is 5.32 Å². The van der Waals surface area contributed by atoms with E-state index in [1.807, 2.05) is 83.4 Å². The summed E-state index contributed by atoms with van der Waals surface area (Å²) in [7, 11) is 0.